The van der Waals surface area contributed by atoms with E-state index in [0.717, 1.165) is 31.7 Å². The molecule has 2 aliphatic heterocycles. The quantitative estimate of drug-likeness (QED) is 0.851. The van der Waals surface area contributed by atoms with Gasteiger partial charge in [-0.3, -0.25) is 19.7 Å². The molecule has 2 aromatic heterocycles. The summed E-state index contributed by atoms with van der Waals surface area (Å²) in [6.07, 6.45) is 6.22. The van der Waals surface area contributed by atoms with Gasteiger partial charge in [0.05, 0.1) is 24.4 Å². The first-order chi connectivity index (χ1) is 12.3. The lowest BCUT2D eigenvalue weighted by atomic mass is 9.97. The molecule has 4 heterocycles. The van der Waals surface area contributed by atoms with Crippen LogP contribution in [0.4, 0.5) is 0 Å². The molecule has 0 spiro atoms. The number of hydrogen-bond acceptors (Lipinski definition) is 5. The van der Waals surface area contributed by atoms with Gasteiger partial charge in [0.1, 0.15) is 0 Å². The molecule has 25 heavy (non-hydrogen) atoms. The Morgan fingerprint density at radius 3 is 2.84 bits per heavy atom. The number of morpholine rings is 1. The predicted molar refractivity (Wildman–Crippen MR) is 92.9 cm³/mol. The van der Waals surface area contributed by atoms with Gasteiger partial charge in [-0.05, 0) is 30.7 Å². The summed E-state index contributed by atoms with van der Waals surface area (Å²) in [6.45, 7) is 3.84. The second-order valence-electron chi connectivity index (χ2n) is 6.56. The van der Waals surface area contributed by atoms with Crippen LogP contribution in [-0.2, 0) is 11.3 Å². The molecule has 1 amide bonds. The zero-order valence-corrected chi connectivity index (χ0v) is 14.1. The summed E-state index contributed by atoms with van der Waals surface area (Å²) in [5, 5.41) is 0. The van der Waals surface area contributed by atoms with Crippen molar-refractivity contribution in [1.29, 1.82) is 0 Å². The summed E-state index contributed by atoms with van der Waals surface area (Å²) >= 11 is 0. The van der Waals surface area contributed by atoms with E-state index in [1.165, 1.54) is 0 Å². The Morgan fingerprint density at radius 1 is 1.16 bits per heavy atom. The highest BCUT2D eigenvalue weighted by Crippen LogP contribution is 2.25. The van der Waals surface area contributed by atoms with E-state index in [1.807, 2.05) is 29.3 Å². The van der Waals surface area contributed by atoms with Gasteiger partial charge in [0.25, 0.3) is 5.91 Å². The van der Waals surface area contributed by atoms with Crippen molar-refractivity contribution in [3.05, 3.63) is 60.2 Å². The van der Waals surface area contributed by atoms with Crippen LogP contribution in [0.5, 0.6) is 0 Å². The minimum absolute atomic E-state index is 0.0698. The molecule has 2 saturated heterocycles. The molecule has 2 atom stereocenters. The van der Waals surface area contributed by atoms with Crippen molar-refractivity contribution in [3.8, 4) is 0 Å². The molecule has 0 aromatic carbocycles. The summed E-state index contributed by atoms with van der Waals surface area (Å²) in [5.74, 6) is 0.0698. The van der Waals surface area contributed by atoms with Crippen LogP contribution < -0.4 is 0 Å². The molecule has 4 rings (SSSR count). The van der Waals surface area contributed by atoms with Crippen molar-refractivity contribution in [2.24, 2.45) is 0 Å². The lowest BCUT2D eigenvalue weighted by molar-refractivity contribution is -0.0915. The Bertz CT molecular complexity index is 710. The Labute approximate surface area is 147 Å². The van der Waals surface area contributed by atoms with E-state index in [0.29, 0.717) is 18.7 Å². The third-order valence-electron chi connectivity index (χ3n) is 4.97. The maximum atomic E-state index is 12.9. The minimum atomic E-state index is 0.0698. The van der Waals surface area contributed by atoms with Gasteiger partial charge in [-0.25, -0.2) is 0 Å². The van der Waals surface area contributed by atoms with Crippen LogP contribution in [0.3, 0.4) is 0 Å². The molecular formula is C19H22N4O2. The van der Waals surface area contributed by atoms with E-state index >= 15 is 0 Å². The number of nitrogens with zero attached hydrogens (tertiary/aromatic N) is 4. The van der Waals surface area contributed by atoms with Gasteiger partial charge in [-0.1, -0.05) is 6.07 Å². The first-order valence-electron chi connectivity index (χ1n) is 8.76. The van der Waals surface area contributed by atoms with Crippen LogP contribution in [-0.4, -0.2) is 64.1 Å². The summed E-state index contributed by atoms with van der Waals surface area (Å²) < 4.78 is 5.95. The molecule has 0 aliphatic carbocycles. The first-order valence-corrected chi connectivity index (χ1v) is 8.76. The minimum Gasteiger partial charge on any atom is -0.374 e. The lowest BCUT2D eigenvalue weighted by Crippen LogP contribution is -2.61. The van der Waals surface area contributed by atoms with Gasteiger partial charge in [0, 0.05) is 50.3 Å². The highest BCUT2D eigenvalue weighted by atomic mass is 16.5. The number of aromatic nitrogens is 2. The van der Waals surface area contributed by atoms with E-state index in [2.05, 4.69) is 14.9 Å². The van der Waals surface area contributed by atoms with Crippen molar-refractivity contribution in [2.45, 2.75) is 25.1 Å². The van der Waals surface area contributed by atoms with E-state index in [9.17, 15) is 4.79 Å². The van der Waals surface area contributed by atoms with Gasteiger partial charge < -0.3 is 9.64 Å². The smallest absolute Gasteiger partial charge is 0.254 e. The average molecular weight is 338 g/mol. The average Bonchev–Trinajstić information content (AvgIpc) is 2.68. The fourth-order valence-electron chi connectivity index (χ4n) is 3.71. The number of fused-ring (bicyclic) bond motifs is 1. The fraction of sp³-hybridized carbons (Fsp3) is 0.421. The number of piperidine rings is 1. The molecular weight excluding hydrogens is 316 g/mol. The van der Waals surface area contributed by atoms with Gasteiger partial charge in [0.2, 0.25) is 0 Å². The SMILES string of the molecule is O=C(c1ccncc1)N1CCO[C@@H]2CCN(Cc3ccccn3)C[C@H]21. The molecule has 0 radical (unpaired) electrons. The number of amides is 1. The molecule has 0 unspecified atom stereocenters. The van der Waals surface area contributed by atoms with E-state index < -0.39 is 0 Å². The highest BCUT2D eigenvalue weighted by Gasteiger charge is 2.39. The van der Waals surface area contributed by atoms with Crippen LogP contribution in [0.15, 0.2) is 48.9 Å². The summed E-state index contributed by atoms with van der Waals surface area (Å²) in [5.41, 5.74) is 1.75. The molecule has 2 aliphatic rings. The van der Waals surface area contributed by atoms with Crippen LogP contribution >= 0.6 is 0 Å². The number of hydrogen-bond donors (Lipinski definition) is 0. The van der Waals surface area contributed by atoms with Crippen LogP contribution in [0.1, 0.15) is 22.5 Å². The second kappa shape index (κ2) is 7.29. The number of rotatable bonds is 3. The molecule has 0 N–H and O–H groups in total. The van der Waals surface area contributed by atoms with Crippen LogP contribution in [0, 0.1) is 0 Å². The predicted octanol–water partition coefficient (Wildman–Crippen LogP) is 1.59. The summed E-state index contributed by atoms with van der Waals surface area (Å²) in [4.78, 5) is 25.7. The molecule has 2 fully saturated rings. The summed E-state index contributed by atoms with van der Waals surface area (Å²) in [6, 6.07) is 9.64. The van der Waals surface area contributed by atoms with Gasteiger partial charge >= 0.3 is 0 Å². The standard InChI is InChI=1S/C19H22N4O2/c24-19(15-4-8-20-9-5-15)23-11-12-25-18-6-10-22(14-17(18)23)13-16-3-1-2-7-21-16/h1-5,7-9,17-18H,6,10-14H2/t17-,18-/m1/s1. The molecule has 6 heteroatoms. The van der Waals surface area contributed by atoms with Crippen molar-refractivity contribution in [2.75, 3.05) is 26.2 Å². The maximum Gasteiger partial charge on any atom is 0.254 e. The zero-order chi connectivity index (χ0) is 17.1. The van der Waals surface area contributed by atoms with Crippen molar-refractivity contribution in [3.63, 3.8) is 0 Å². The molecule has 130 valence electrons. The van der Waals surface area contributed by atoms with E-state index in [1.54, 1.807) is 24.5 Å². The number of ether oxygens (including phenoxy) is 1. The normalized spacial score (nSPS) is 23.9. The Kier molecular flexibility index (Phi) is 4.72. The van der Waals surface area contributed by atoms with Crippen molar-refractivity contribution in [1.82, 2.24) is 19.8 Å². The molecule has 6 nitrogen and oxygen atoms in total. The van der Waals surface area contributed by atoms with Gasteiger partial charge in [-0.15, -0.1) is 0 Å². The van der Waals surface area contributed by atoms with Crippen LogP contribution in [0.2, 0.25) is 0 Å². The van der Waals surface area contributed by atoms with Crippen molar-refractivity contribution >= 4 is 5.91 Å². The maximum absolute atomic E-state index is 12.9. The van der Waals surface area contributed by atoms with E-state index in [-0.39, 0.29) is 18.1 Å². The number of carbonyl (C=O) groups is 1. The third kappa shape index (κ3) is 3.55. The molecule has 2 aromatic rings. The van der Waals surface area contributed by atoms with Gasteiger partial charge in [-0.2, -0.15) is 0 Å². The van der Waals surface area contributed by atoms with Gasteiger partial charge in [0.15, 0.2) is 0 Å². The zero-order valence-electron chi connectivity index (χ0n) is 14.1. The molecule has 0 saturated carbocycles. The second-order valence-corrected chi connectivity index (χ2v) is 6.56. The molecule has 0 bridgehead atoms. The largest absolute Gasteiger partial charge is 0.374 e. The Morgan fingerprint density at radius 2 is 2.04 bits per heavy atom. The Balaban J connectivity index is 1.49. The monoisotopic (exact) mass is 338 g/mol. The summed E-state index contributed by atoms with van der Waals surface area (Å²) in [7, 11) is 0. The third-order valence-corrected chi connectivity index (χ3v) is 4.97. The first kappa shape index (κ1) is 16.2. The number of likely N-dealkylation sites (tertiary alicyclic amines) is 1. The number of pyridine rings is 2. The van der Waals surface area contributed by atoms with E-state index in [4.69, 9.17) is 4.74 Å². The topological polar surface area (TPSA) is 58.6 Å². The van der Waals surface area contributed by atoms with Crippen molar-refractivity contribution < 1.29 is 9.53 Å². The Hall–Kier alpha value is -2.31. The lowest BCUT2D eigenvalue weighted by Gasteiger charge is -2.47. The highest BCUT2D eigenvalue weighted by molar-refractivity contribution is 5.94. The fourth-order valence-corrected chi connectivity index (χ4v) is 3.71. The number of carbonyl (C=O) groups excluding carboxylic acids is 1. The van der Waals surface area contributed by atoms with Crippen LogP contribution in [0.25, 0.3) is 0 Å².